The van der Waals surface area contributed by atoms with E-state index in [2.05, 4.69) is 10.6 Å². The van der Waals surface area contributed by atoms with Crippen LogP contribution < -0.4 is 10.6 Å². The Bertz CT molecular complexity index is 704. The molecule has 29 heavy (non-hydrogen) atoms. The van der Waals surface area contributed by atoms with E-state index in [1.807, 2.05) is 0 Å². The number of nitrogens with one attached hydrogen (secondary N) is 2. The molecule has 0 bridgehead atoms. The number of halogens is 2. The summed E-state index contributed by atoms with van der Waals surface area (Å²) in [5.41, 5.74) is 0.412. The van der Waals surface area contributed by atoms with E-state index < -0.39 is 6.10 Å². The third kappa shape index (κ3) is 6.32. The first-order valence-corrected chi connectivity index (χ1v) is 11.0. The van der Waals surface area contributed by atoms with Crippen LogP contribution in [0.1, 0.15) is 55.3 Å². The van der Waals surface area contributed by atoms with Crippen molar-refractivity contribution in [3.05, 3.63) is 33.8 Å². The summed E-state index contributed by atoms with van der Waals surface area (Å²) in [7, 11) is 0. The van der Waals surface area contributed by atoms with Crippen molar-refractivity contribution < 1.29 is 19.4 Å². The molecule has 160 valence electrons. The Morgan fingerprint density at radius 2 is 1.76 bits per heavy atom. The zero-order chi connectivity index (χ0) is 20.8. The molecule has 1 heterocycles. The van der Waals surface area contributed by atoms with Crippen molar-refractivity contribution >= 4 is 35.0 Å². The molecule has 0 spiro atoms. The first-order valence-electron chi connectivity index (χ1n) is 10.3. The van der Waals surface area contributed by atoms with Gasteiger partial charge < -0.3 is 20.5 Å². The van der Waals surface area contributed by atoms with Gasteiger partial charge in [-0.3, -0.25) is 9.59 Å². The first kappa shape index (κ1) is 22.3. The van der Waals surface area contributed by atoms with Gasteiger partial charge in [-0.2, -0.15) is 0 Å². The Hall–Kier alpha value is -1.34. The van der Waals surface area contributed by atoms with Gasteiger partial charge in [-0.25, -0.2) is 0 Å². The summed E-state index contributed by atoms with van der Waals surface area (Å²) >= 11 is 11.9. The number of hydrogen-bond donors (Lipinski definition) is 3. The molecule has 6 nitrogen and oxygen atoms in total. The van der Waals surface area contributed by atoms with E-state index in [9.17, 15) is 14.7 Å². The van der Waals surface area contributed by atoms with Gasteiger partial charge in [0.15, 0.2) is 0 Å². The minimum Gasteiger partial charge on any atom is -0.394 e. The van der Waals surface area contributed by atoms with Crippen LogP contribution in [-0.2, 0) is 9.53 Å². The number of amides is 2. The van der Waals surface area contributed by atoms with Gasteiger partial charge in [0.2, 0.25) is 5.91 Å². The minimum absolute atomic E-state index is 0.0740. The maximum atomic E-state index is 12.4. The van der Waals surface area contributed by atoms with Gasteiger partial charge >= 0.3 is 0 Å². The standard InChI is InChI=1S/C21H28Cl2N2O4/c22-15-9-14(10-16(23)11-15)20(27)24-8-7-17-5-6-18(19(12-26)29-17)25-21(28)13-3-1-2-4-13/h9-11,13,17-19,26H,1-8,12H2,(H,24,27)(H,25,28)/t17-,18+,19-/m0/s1. The Balaban J connectivity index is 1.43. The van der Waals surface area contributed by atoms with Crippen molar-refractivity contribution in [2.24, 2.45) is 5.92 Å². The van der Waals surface area contributed by atoms with Gasteiger partial charge in [0.05, 0.1) is 18.8 Å². The number of carbonyl (C=O) groups is 2. The van der Waals surface area contributed by atoms with E-state index >= 15 is 0 Å². The van der Waals surface area contributed by atoms with Crippen LogP contribution in [0.15, 0.2) is 18.2 Å². The lowest BCUT2D eigenvalue weighted by Crippen LogP contribution is -2.52. The summed E-state index contributed by atoms with van der Waals surface area (Å²) in [6, 6.07) is 4.55. The van der Waals surface area contributed by atoms with Crippen LogP contribution in [0.4, 0.5) is 0 Å². The highest BCUT2D eigenvalue weighted by Crippen LogP contribution is 2.27. The van der Waals surface area contributed by atoms with Crippen LogP contribution in [-0.4, -0.2) is 48.3 Å². The number of benzene rings is 1. The lowest BCUT2D eigenvalue weighted by atomic mass is 9.96. The largest absolute Gasteiger partial charge is 0.394 e. The third-order valence-electron chi connectivity index (χ3n) is 5.73. The number of ether oxygens (including phenoxy) is 1. The second-order valence-electron chi connectivity index (χ2n) is 7.86. The average Bonchev–Trinajstić information content (AvgIpc) is 3.23. The summed E-state index contributed by atoms with van der Waals surface area (Å²) in [5, 5.41) is 16.4. The van der Waals surface area contributed by atoms with Crippen molar-refractivity contribution in [1.29, 1.82) is 0 Å². The quantitative estimate of drug-likeness (QED) is 0.604. The highest BCUT2D eigenvalue weighted by atomic mass is 35.5. The lowest BCUT2D eigenvalue weighted by Gasteiger charge is -2.36. The molecule has 0 unspecified atom stereocenters. The molecule has 8 heteroatoms. The molecule has 0 radical (unpaired) electrons. The molecule has 1 aliphatic heterocycles. The molecule has 2 amide bonds. The van der Waals surface area contributed by atoms with Crippen molar-refractivity contribution in [2.45, 2.75) is 63.2 Å². The van der Waals surface area contributed by atoms with E-state index in [0.717, 1.165) is 38.5 Å². The molecular weight excluding hydrogens is 415 g/mol. The second kappa shape index (κ2) is 10.6. The van der Waals surface area contributed by atoms with Crippen molar-refractivity contribution in [1.82, 2.24) is 10.6 Å². The van der Waals surface area contributed by atoms with Gasteiger partial charge in [-0.15, -0.1) is 0 Å². The zero-order valence-corrected chi connectivity index (χ0v) is 17.8. The average molecular weight is 443 g/mol. The topological polar surface area (TPSA) is 87.7 Å². The molecule has 2 fully saturated rings. The summed E-state index contributed by atoms with van der Waals surface area (Å²) in [6.07, 6.45) is 5.77. The van der Waals surface area contributed by atoms with Gasteiger partial charge in [0, 0.05) is 28.1 Å². The molecule has 1 aromatic rings. The fourth-order valence-electron chi connectivity index (χ4n) is 4.13. The monoisotopic (exact) mass is 442 g/mol. The summed E-state index contributed by atoms with van der Waals surface area (Å²) in [4.78, 5) is 24.6. The SMILES string of the molecule is O=C(NCC[C@@H]1CC[C@@H](NC(=O)C2CCCC2)[C@H](CO)O1)c1cc(Cl)cc(Cl)c1. The highest BCUT2D eigenvalue weighted by molar-refractivity contribution is 6.35. The van der Waals surface area contributed by atoms with Crippen molar-refractivity contribution in [3.8, 4) is 0 Å². The number of carbonyl (C=O) groups excluding carboxylic acids is 2. The van der Waals surface area contributed by atoms with Crippen LogP contribution in [0.2, 0.25) is 10.0 Å². The fraction of sp³-hybridized carbons (Fsp3) is 0.619. The molecule has 3 N–H and O–H groups in total. The third-order valence-corrected chi connectivity index (χ3v) is 6.16. The molecule has 1 saturated carbocycles. The smallest absolute Gasteiger partial charge is 0.251 e. The van der Waals surface area contributed by atoms with Crippen LogP contribution in [0.25, 0.3) is 0 Å². The first-order chi connectivity index (χ1) is 14.0. The van der Waals surface area contributed by atoms with Crippen LogP contribution >= 0.6 is 23.2 Å². The summed E-state index contributed by atoms with van der Waals surface area (Å²) in [5.74, 6) is -0.0617. The fourth-order valence-corrected chi connectivity index (χ4v) is 4.66. The maximum Gasteiger partial charge on any atom is 0.251 e. The van der Waals surface area contributed by atoms with E-state index in [0.29, 0.717) is 28.6 Å². The predicted octanol–water partition coefficient (Wildman–Crippen LogP) is 3.33. The molecule has 0 aromatic heterocycles. The van der Waals surface area contributed by atoms with Gasteiger partial charge in [0.25, 0.3) is 5.91 Å². The Morgan fingerprint density at radius 3 is 2.41 bits per heavy atom. The van der Waals surface area contributed by atoms with E-state index in [1.165, 1.54) is 0 Å². The number of aliphatic hydroxyl groups is 1. The maximum absolute atomic E-state index is 12.4. The summed E-state index contributed by atoms with van der Waals surface area (Å²) in [6.45, 7) is 0.296. The molecular formula is C21H28Cl2N2O4. The predicted molar refractivity (Wildman–Crippen MR) is 112 cm³/mol. The molecule has 1 saturated heterocycles. The number of rotatable bonds is 7. The Labute approximate surface area is 181 Å². The normalized spacial score (nSPS) is 25.0. The highest BCUT2D eigenvalue weighted by Gasteiger charge is 2.33. The second-order valence-corrected chi connectivity index (χ2v) is 8.73. The van der Waals surface area contributed by atoms with E-state index in [1.54, 1.807) is 18.2 Å². The van der Waals surface area contributed by atoms with Gasteiger partial charge in [-0.05, 0) is 50.3 Å². The molecule has 2 aliphatic rings. The lowest BCUT2D eigenvalue weighted by molar-refractivity contribution is -0.131. The molecule has 3 rings (SSSR count). The molecule has 1 aromatic carbocycles. The Kier molecular flexibility index (Phi) is 8.18. The minimum atomic E-state index is -0.415. The summed E-state index contributed by atoms with van der Waals surface area (Å²) < 4.78 is 5.98. The number of aliphatic hydroxyl groups excluding tert-OH is 1. The zero-order valence-electron chi connectivity index (χ0n) is 16.3. The van der Waals surface area contributed by atoms with Gasteiger partial charge in [-0.1, -0.05) is 36.0 Å². The number of hydrogen-bond acceptors (Lipinski definition) is 4. The van der Waals surface area contributed by atoms with Crippen molar-refractivity contribution in [2.75, 3.05) is 13.2 Å². The van der Waals surface area contributed by atoms with E-state index in [4.69, 9.17) is 27.9 Å². The van der Waals surface area contributed by atoms with E-state index in [-0.39, 0.29) is 36.5 Å². The van der Waals surface area contributed by atoms with Crippen LogP contribution in [0.5, 0.6) is 0 Å². The molecule has 3 atom stereocenters. The van der Waals surface area contributed by atoms with Crippen molar-refractivity contribution in [3.63, 3.8) is 0 Å². The van der Waals surface area contributed by atoms with Crippen LogP contribution in [0.3, 0.4) is 0 Å². The van der Waals surface area contributed by atoms with Crippen LogP contribution in [0, 0.1) is 5.92 Å². The Morgan fingerprint density at radius 1 is 1.07 bits per heavy atom. The van der Waals surface area contributed by atoms with Gasteiger partial charge in [0.1, 0.15) is 6.10 Å². The molecule has 1 aliphatic carbocycles.